The first-order valence-electron chi connectivity index (χ1n) is 31.2. The monoisotopic (exact) mass is 1400 g/mol. The molecule has 12 aromatic heterocycles. The molecule has 0 aliphatic heterocycles. The van der Waals surface area contributed by atoms with Crippen LogP contribution in [0.4, 0.5) is 0 Å². The van der Waals surface area contributed by atoms with Crippen LogP contribution < -0.4 is 0 Å². The molecule has 0 aliphatic carbocycles. The van der Waals surface area contributed by atoms with Crippen LogP contribution in [-0.4, -0.2) is 0 Å². The second-order valence-electron chi connectivity index (χ2n) is 16.9. The van der Waals surface area contributed by atoms with E-state index in [9.17, 15) is 0 Å². The molecule has 0 unspecified atom stereocenters. The molecule has 0 nitrogen and oxygen atoms in total. The molecule has 0 saturated carbocycles. The van der Waals surface area contributed by atoms with Crippen molar-refractivity contribution in [3.05, 3.63) is 208 Å². The van der Waals surface area contributed by atoms with Crippen LogP contribution in [0.2, 0.25) is 0 Å². The summed E-state index contributed by atoms with van der Waals surface area (Å²) in [4.78, 5) is 23.8. The van der Waals surface area contributed by atoms with Crippen molar-refractivity contribution in [2.45, 2.75) is 174 Å². The Morgan fingerprint density at radius 3 is 0.713 bits per heavy atom. The van der Waals surface area contributed by atoms with E-state index in [2.05, 4.69) is 224 Å². The highest BCUT2D eigenvalue weighted by atomic mass is 32.1. The van der Waals surface area contributed by atoms with Gasteiger partial charge in [0.05, 0.1) is 0 Å². The lowest BCUT2D eigenvalue weighted by Crippen LogP contribution is -1.80. The van der Waals surface area contributed by atoms with Crippen LogP contribution >= 0.6 is 149 Å². The molecule has 0 bridgehead atoms. The topological polar surface area (TPSA) is 0 Å². The minimum atomic E-state index is 0.843. The smallest absolute Gasteiger partial charge is 0.0445 e. The fraction of sp³-hybridized carbons (Fsp3) is 0.351. The summed E-state index contributed by atoms with van der Waals surface area (Å²) >= 11 is 26.3. The molecule has 474 valence electrons. The summed E-state index contributed by atoms with van der Waals surface area (Å²) < 4.78 is 0. The Morgan fingerprint density at radius 1 is 0.253 bits per heavy atom. The van der Waals surface area contributed by atoms with Gasteiger partial charge in [-0.05, 0) is 180 Å². The molecular weight excluding hydrogens is 1310 g/mol. The van der Waals surface area contributed by atoms with Crippen LogP contribution in [0.5, 0.6) is 0 Å². The molecule has 0 fully saturated rings. The zero-order valence-electron chi connectivity index (χ0n) is 54.8. The molecule has 0 aliphatic rings. The second-order valence-corrected chi connectivity index (χ2v) is 29.9. The SMILES string of the molecule is CC.CC.CC.CC.CC.CC.CCCCCCc1ccc(-c2cccs2)s1.CCCCCc1ccc(-c2cccs2)s1.Cc1ccc(-c2cccs2)s1.Cc1ccc(-c2cccs2)s1.SCc1ccc(-c2cccs2)s1.c1csc(-c2cccs2)c1. The van der Waals surface area contributed by atoms with Crippen molar-refractivity contribution in [2.24, 2.45) is 0 Å². The van der Waals surface area contributed by atoms with Gasteiger partial charge in [-0.1, -0.05) is 172 Å². The first-order chi connectivity index (χ1) is 42.9. The minimum Gasteiger partial charge on any atom is -0.174 e. The zero-order valence-corrected chi connectivity index (χ0v) is 65.5. The number of unbranched alkanes of at least 4 members (excludes halogenated alkanes) is 5. The predicted octanol–water partition coefficient (Wildman–Crippen LogP) is 31.9. The lowest BCUT2D eigenvalue weighted by molar-refractivity contribution is 0.670. The number of hydrogen-bond acceptors (Lipinski definition) is 13. The first-order valence-corrected chi connectivity index (χ1v) is 42.0. The molecule has 12 aromatic rings. The Hall–Kier alpha value is -3.25. The highest BCUT2D eigenvalue weighted by molar-refractivity contribution is 7.79. The van der Waals surface area contributed by atoms with E-state index in [-0.39, 0.29) is 0 Å². The highest BCUT2D eigenvalue weighted by Gasteiger charge is 2.06. The Morgan fingerprint density at radius 2 is 0.483 bits per heavy atom. The molecule has 0 amide bonds. The van der Waals surface area contributed by atoms with Gasteiger partial charge < -0.3 is 0 Å². The van der Waals surface area contributed by atoms with Gasteiger partial charge in [0.25, 0.3) is 0 Å². The summed E-state index contributed by atoms with van der Waals surface area (Å²) in [6.07, 6.45) is 11.9. The van der Waals surface area contributed by atoms with E-state index in [1.54, 1.807) is 61.6 Å². The number of rotatable bonds is 16. The van der Waals surface area contributed by atoms with E-state index in [0.29, 0.717) is 0 Å². The van der Waals surface area contributed by atoms with E-state index < -0.39 is 0 Å². The van der Waals surface area contributed by atoms with Crippen molar-refractivity contribution in [3.8, 4) is 58.5 Å². The van der Waals surface area contributed by atoms with Crippen molar-refractivity contribution < 1.29 is 0 Å². The van der Waals surface area contributed by atoms with Gasteiger partial charge in [0.2, 0.25) is 0 Å². The van der Waals surface area contributed by atoms with Crippen LogP contribution in [0, 0.1) is 13.8 Å². The average molecular weight is 1410 g/mol. The maximum atomic E-state index is 4.23. The van der Waals surface area contributed by atoms with E-state index in [1.807, 2.05) is 162 Å². The molecule has 0 saturated heterocycles. The zero-order chi connectivity index (χ0) is 64.3. The maximum Gasteiger partial charge on any atom is 0.0445 e. The minimum absolute atomic E-state index is 0.843. The quantitative estimate of drug-likeness (QED) is 0.0723. The Labute approximate surface area is 582 Å². The number of thiol groups is 1. The van der Waals surface area contributed by atoms with Crippen LogP contribution in [0.25, 0.3) is 58.5 Å². The molecule has 0 spiro atoms. The standard InChI is InChI=1S/C14H18S2.C13H16S2.C9H8S3.2C9H8S2.C8H6S2.6C2H6/c1-2-3-4-5-7-12-9-10-14(16-12)13-8-6-11-15-13;1-2-3-4-6-11-8-9-13(15-11)12-7-5-10-14-12;10-6-7-3-4-9(12-7)8-2-1-5-11-8;2*1-7-4-5-9(11-7)8-3-2-6-10-8;1-3-7(9-5-1)8-4-2-6-10-8;6*1-2/h6,8-11H,2-5,7H2,1H3;5,7-10H,2-4,6H2,1H3;1-5,10H,6H2;2*2-6H,1H3;1-6H;6*1-2H3. The van der Waals surface area contributed by atoms with Gasteiger partial charge in [0.1, 0.15) is 0 Å². The van der Waals surface area contributed by atoms with Crippen molar-refractivity contribution in [1.82, 2.24) is 0 Å². The molecule has 12 rings (SSSR count). The lowest BCUT2D eigenvalue weighted by Gasteiger charge is -1.96. The van der Waals surface area contributed by atoms with Gasteiger partial charge in [0, 0.05) is 88.7 Å². The van der Waals surface area contributed by atoms with Gasteiger partial charge in [-0.15, -0.1) is 136 Å². The fourth-order valence-electron chi connectivity index (χ4n) is 7.23. The predicted molar refractivity (Wildman–Crippen MR) is 427 cm³/mol. The molecule has 0 radical (unpaired) electrons. The highest BCUT2D eigenvalue weighted by Crippen LogP contribution is 2.36. The van der Waals surface area contributed by atoms with E-state index >= 15 is 0 Å². The summed E-state index contributed by atoms with van der Waals surface area (Å²) in [5.74, 6) is 0.843. The Kier molecular flexibility index (Phi) is 51.2. The van der Waals surface area contributed by atoms with Crippen LogP contribution in [0.3, 0.4) is 0 Å². The van der Waals surface area contributed by atoms with E-state index in [1.165, 1.54) is 136 Å². The van der Waals surface area contributed by atoms with Crippen molar-refractivity contribution >= 4 is 149 Å². The van der Waals surface area contributed by atoms with E-state index in [0.717, 1.165) is 5.75 Å². The molecule has 87 heavy (non-hydrogen) atoms. The Balaban J connectivity index is 0.000000506. The average Bonchev–Trinajstić information content (AvgIpc) is 4.59. The fourth-order valence-corrected chi connectivity index (χ4v) is 18.0. The van der Waals surface area contributed by atoms with Crippen LogP contribution in [0.15, 0.2) is 183 Å². The van der Waals surface area contributed by atoms with Crippen molar-refractivity contribution in [2.75, 3.05) is 0 Å². The molecule has 0 aromatic carbocycles. The molecule has 0 atom stereocenters. The molecular formula is C74H100S13. The summed E-state index contributed by atoms with van der Waals surface area (Å²) in [5.41, 5.74) is 0. The number of thiophene rings is 12. The summed E-state index contributed by atoms with van der Waals surface area (Å²) in [6.45, 7) is 32.8. The van der Waals surface area contributed by atoms with Gasteiger partial charge in [0.15, 0.2) is 0 Å². The van der Waals surface area contributed by atoms with Crippen LogP contribution in [-0.2, 0) is 18.6 Å². The number of hydrogen-bond donors (Lipinski definition) is 1. The maximum absolute atomic E-state index is 4.23. The lowest BCUT2D eigenvalue weighted by atomic mass is 10.1. The van der Waals surface area contributed by atoms with E-state index in [4.69, 9.17) is 0 Å². The third-order valence-corrected chi connectivity index (χ3v) is 24.2. The number of aryl methyl sites for hydroxylation is 4. The summed E-state index contributed by atoms with van der Waals surface area (Å²) in [5, 5.41) is 14.8. The summed E-state index contributed by atoms with van der Waals surface area (Å²) in [6, 6.07) is 52.0. The van der Waals surface area contributed by atoms with Gasteiger partial charge in [-0.2, -0.15) is 12.6 Å². The third kappa shape index (κ3) is 33.1. The Bertz CT molecular complexity index is 3100. The largest absolute Gasteiger partial charge is 0.174 e. The second kappa shape index (κ2) is 54.5. The first kappa shape index (κ1) is 81.8. The van der Waals surface area contributed by atoms with Gasteiger partial charge >= 0.3 is 0 Å². The molecule has 12 heterocycles. The van der Waals surface area contributed by atoms with Gasteiger partial charge in [-0.25, -0.2) is 0 Å². The third-order valence-electron chi connectivity index (χ3n) is 11.0. The van der Waals surface area contributed by atoms with Crippen LogP contribution in [0.1, 0.15) is 166 Å². The van der Waals surface area contributed by atoms with Crippen molar-refractivity contribution in [1.29, 1.82) is 0 Å². The van der Waals surface area contributed by atoms with Gasteiger partial charge in [-0.3, -0.25) is 0 Å². The molecule has 13 heteroatoms. The summed E-state index contributed by atoms with van der Waals surface area (Å²) in [7, 11) is 0. The normalized spacial score (nSPS) is 9.44. The molecule has 0 N–H and O–H groups in total. The van der Waals surface area contributed by atoms with Crippen molar-refractivity contribution in [3.63, 3.8) is 0 Å².